The Morgan fingerprint density at radius 2 is 2.06 bits per heavy atom. The molecular weight excluding hydrogens is 412 g/mol. The minimum Gasteiger partial charge on any atom is -0.503 e. The van der Waals surface area contributed by atoms with Crippen molar-refractivity contribution in [1.82, 2.24) is 4.90 Å². The number of carbonyl (C=O) groups excluding carboxylic acids is 2. The number of methoxy groups -OCH3 is 1. The average molecular weight is 434 g/mol. The van der Waals surface area contributed by atoms with Crippen molar-refractivity contribution in [3.05, 3.63) is 70.5 Å². The van der Waals surface area contributed by atoms with Gasteiger partial charge in [-0.1, -0.05) is 12.1 Å². The van der Waals surface area contributed by atoms with Crippen molar-refractivity contribution in [3.8, 4) is 11.5 Å². The summed E-state index contributed by atoms with van der Waals surface area (Å²) in [7, 11) is 1.53. The molecule has 32 heavy (non-hydrogen) atoms. The van der Waals surface area contributed by atoms with Gasteiger partial charge in [-0.25, -0.2) is 4.99 Å². The van der Waals surface area contributed by atoms with Gasteiger partial charge in [0, 0.05) is 24.1 Å². The first-order chi connectivity index (χ1) is 15.4. The third-order valence-corrected chi connectivity index (χ3v) is 6.14. The Morgan fingerprint density at radius 3 is 2.72 bits per heavy atom. The number of furan rings is 1. The van der Waals surface area contributed by atoms with Crippen LogP contribution in [0.2, 0.25) is 0 Å². The van der Waals surface area contributed by atoms with Crippen LogP contribution in [-0.2, 0) is 16.0 Å². The minimum absolute atomic E-state index is 0.0494. The van der Waals surface area contributed by atoms with Crippen LogP contribution in [0.25, 0.3) is 0 Å². The van der Waals surface area contributed by atoms with Crippen molar-refractivity contribution in [2.75, 3.05) is 7.11 Å². The Bertz CT molecular complexity index is 1220. The van der Waals surface area contributed by atoms with Crippen LogP contribution < -0.4 is 9.47 Å². The predicted molar refractivity (Wildman–Crippen MR) is 114 cm³/mol. The van der Waals surface area contributed by atoms with E-state index in [1.165, 1.54) is 18.3 Å². The van der Waals surface area contributed by atoms with Crippen LogP contribution >= 0.6 is 0 Å². The second-order valence-electron chi connectivity index (χ2n) is 8.05. The number of ether oxygens (including phenoxy) is 2. The van der Waals surface area contributed by atoms with Crippen LogP contribution in [-0.4, -0.2) is 40.7 Å². The number of hydrogen-bond acceptors (Lipinski definition) is 7. The van der Waals surface area contributed by atoms with Gasteiger partial charge in [-0.05, 0) is 37.6 Å². The number of rotatable bonds is 4. The summed E-state index contributed by atoms with van der Waals surface area (Å²) in [5.41, 5.74) is 2.61. The summed E-state index contributed by atoms with van der Waals surface area (Å²) in [6.45, 7) is 3.80. The minimum atomic E-state index is -0.920. The Labute approximate surface area is 184 Å². The maximum Gasteiger partial charge on any atom is 0.295 e. The lowest BCUT2D eigenvalue weighted by Gasteiger charge is -2.25. The van der Waals surface area contributed by atoms with E-state index in [1.807, 2.05) is 26.0 Å². The number of allylic oxidation sites excluding steroid dienone is 1. The molecule has 0 fully saturated rings. The molecule has 0 saturated heterocycles. The number of amides is 1. The zero-order chi connectivity index (χ0) is 22.6. The van der Waals surface area contributed by atoms with Crippen LogP contribution in [0.3, 0.4) is 0 Å². The van der Waals surface area contributed by atoms with Crippen molar-refractivity contribution >= 4 is 17.5 Å². The van der Waals surface area contributed by atoms with Crippen LogP contribution in [0.15, 0.2) is 68.6 Å². The van der Waals surface area contributed by atoms with E-state index in [2.05, 4.69) is 4.99 Å². The molecule has 0 saturated carbocycles. The number of aliphatic hydroxyl groups is 1. The highest BCUT2D eigenvalue weighted by Crippen LogP contribution is 2.44. The lowest BCUT2D eigenvalue weighted by molar-refractivity contribution is -0.125. The quantitative estimate of drug-likeness (QED) is 0.788. The van der Waals surface area contributed by atoms with E-state index in [0.717, 1.165) is 16.8 Å². The SMILES string of the molecule is COc1cccc2c1OC(C(=O)C1=C(O)C(=O)N(C3=NC(C)=C(C)C3)C1c1ccco1)C2. The first-order valence-corrected chi connectivity index (χ1v) is 10.3. The van der Waals surface area contributed by atoms with Gasteiger partial charge in [0.2, 0.25) is 5.78 Å². The Balaban J connectivity index is 1.52. The lowest BCUT2D eigenvalue weighted by Crippen LogP contribution is -2.37. The fraction of sp³-hybridized carbons (Fsp3) is 0.292. The molecule has 1 N–H and O–H groups in total. The topological polar surface area (TPSA) is 102 Å². The normalized spacial score (nSPS) is 22.4. The molecule has 0 aliphatic carbocycles. The van der Waals surface area contributed by atoms with Gasteiger partial charge in [0.1, 0.15) is 17.6 Å². The van der Waals surface area contributed by atoms with E-state index in [-0.39, 0.29) is 5.57 Å². The molecule has 1 aromatic carbocycles. The number of amidine groups is 1. The fourth-order valence-corrected chi connectivity index (χ4v) is 4.39. The summed E-state index contributed by atoms with van der Waals surface area (Å²) in [5, 5.41) is 10.8. The molecule has 8 heteroatoms. The first kappa shape index (κ1) is 20.1. The second-order valence-corrected chi connectivity index (χ2v) is 8.05. The van der Waals surface area contributed by atoms with Crippen LogP contribution in [0.4, 0.5) is 0 Å². The molecule has 164 valence electrons. The summed E-state index contributed by atoms with van der Waals surface area (Å²) in [6, 6.07) is 7.87. The number of benzene rings is 1. The third kappa shape index (κ3) is 2.94. The molecular formula is C24H22N2O6. The molecule has 1 aromatic heterocycles. The van der Waals surface area contributed by atoms with Gasteiger partial charge in [0.15, 0.2) is 23.4 Å². The first-order valence-electron chi connectivity index (χ1n) is 10.3. The fourth-order valence-electron chi connectivity index (χ4n) is 4.39. The van der Waals surface area contributed by atoms with Crippen LogP contribution in [0.1, 0.15) is 37.6 Å². The molecule has 2 atom stereocenters. The van der Waals surface area contributed by atoms with E-state index in [1.54, 1.807) is 18.2 Å². The highest BCUT2D eigenvalue weighted by molar-refractivity contribution is 6.16. The number of nitrogens with zero attached hydrogens (tertiary/aromatic N) is 2. The molecule has 2 unspecified atom stereocenters. The molecule has 0 spiro atoms. The average Bonchev–Trinajstić information content (AvgIpc) is 3.55. The number of fused-ring (bicyclic) bond motifs is 1. The van der Waals surface area contributed by atoms with Gasteiger partial charge < -0.3 is 19.0 Å². The van der Waals surface area contributed by atoms with Crippen molar-refractivity contribution in [2.45, 2.75) is 38.8 Å². The number of carbonyl (C=O) groups is 2. The van der Waals surface area contributed by atoms with Crippen LogP contribution in [0, 0.1) is 0 Å². The van der Waals surface area contributed by atoms with Crippen molar-refractivity contribution in [1.29, 1.82) is 0 Å². The highest BCUT2D eigenvalue weighted by Gasteiger charge is 2.50. The van der Waals surface area contributed by atoms with E-state index >= 15 is 0 Å². The standard InChI is InChI=1S/C24H22N2O6/c1-12-10-18(25-13(12)2)26-20(15-8-5-9-31-15)19(22(28)24(26)29)21(27)17-11-14-6-4-7-16(30-3)23(14)32-17/h4-9,17,20,28H,10-11H2,1-3H3. The van der Waals surface area contributed by atoms with E-state index in [0.29, 0.717) is 35.9 Å². The molecule has 0 bridgehead atoms. The number of aliphatic imine (C=N–C) groups is 1. The van der Waals surface area contributed by atoms with Gasteiger partial charge in [-0.2, -0.15) is 0 Å². The monoisotopic (exact) mass is 434 g/mol. The molecule has 1 amide bonds. The van der Waals surface area contributed by atoms with Gasteiger partial charge in [0.05, 0.1) is 18.9 Å². The number of Topliss-reactive ketones (excluding diaryl/α,β-unsaturated/α-hetero) is 1. The molecule has 8 nitrogen and oxygen atoms in total. The largest absolute Gasteiger partial charge is 0.503 e. The van der Waals surface area contributed by atoms with Crippen molar-refractivity contribution in [3.63, 3.8) is 0 Å². The maximum atomic E-state index is 13.6. The Morgan fingerprint density at radius 1 is 1.25 bits per heavy atom. The highest BCUT2D eigenvalue weighted by atomic mass is 16.5. The van der Waals surface area contributed by atoms with Gasteiger partial charge in [0.25, 0.3) is 5.91 Å². The molecule has 2 aromatic rings. The molecule has 3 aliphatic heterocycles. The van der Waals surface area contributed by atoms with Crippen molar-refractivity contribution in [2.24, 2.45) is 4.99 Å². The number of aliphatic hydroxyl groups excluding tert-OH is 1. The van der Waals surface area contributed by atoms with E-state index in [4.69, 9.17) is 13.9 Å². The zero-order valence-corrected chi connectivity index (χ0v) is 17.9. The van der Waals surface area contributed by atoms with Crippen molar-refractivity contribution < 1.29 is 28.6 Å². The van der Waals surface area contributed by atoms with E-state index < -0.39 is 29.6 Å². The summed E-state index contributed by atoms with van der Waals surface area (Å²) in [4.78, 5) is 32.6. The second kappa shape index (κ2) is 7.40. The number of ketones is 1. The van der Waals surface area contributed by atoms with Crippen LogP contribution in [0.5, 0.6) is 11.5 Å². The number of para-hydroxylation sites is 1. The molecule has 3 aliphatic rings. The predicted octanol–water partition coefficient (Wildman–Crippen LogP) is 3.65. The van der Waals surface area contributed by atoms with Gasteiger partial charge >= 0.3 is 0 Å². The Kier molecular flexibility index (Phi) is 4.65. The molecule has 0 radical (unpaired) electrons. The summed E-state index contributed by atoms with van der Waals surface area (Å²) in [6.07, 6.45) is 1.33. The summed E-state index contributed by atoms with van der Waals surface area (Å²) < 4.78 is 16.8. The van der Waals surface area contributed by atoms with Gasteiger partial charge in [-0.15, -0.1) is 0 Å². The lowest BCUT2D eigenvalue weighted by atomic mass is 9.95. The zero-order valence-electron chi connectivity index (χ0n) is 17.9. The third-order valence-electron chi connectivity index (χ3n) is 6.14. The number of hydrogen-bond donors (Lipinski definition) is 1. The van der Waals surface area contributed by atoms with E-state index in [9.17, 15) is 14.7 Å². The molecule has 4 heterocycles. The summed E-state index contributed by atoms with van der Waals surface area (Å²) >= 11 is 0. The smallest absolute Gasteiger partial charge is 0.295 e. The maximum absolute atomic E-state index is 13.6. The summed E-state index contributed by atoms with van der Waals surface area (Å²) in [5.74, 6) is 0.108. The molecule has 5 rings (SSSR count). The Hall–Kier alpha value is -3.81. The van der Waals surface area contributed by atoms with Gasteiger partial charge in [-0.3, -0.25) is 14.5 Å².